The van der Waals surface area contributed by atoms with E-state index in [1.807, 2.05) is 23.1 Å². The summed E-state index contributed by atoms with van der Waals surface area (Å²) in [4.78, 5) is 26.2. The number of fused-ring (bicyclic) bond motifs is 1. The smallest absolute Gasteiger partial charge is 0.262 e. The average Bonchev–Trinajstić information content (AvgIpc) is 2.62. The number of hydrogen-bond donors (Lipinski definition) is 1. The number of nitrogens with zero attached hydrogens (tertiary/aromatic N) is 1. The summed E-state index contributed by atoms with van der Waals surface area (Å²) in [5.74, 6) is 0.845. The highest BCUT2D eigenvalue weighted by Crippen LogP contribution is 2.31. The van der Waals surface area contributed by atoms with Gasteiger partial charge in [-0.25, -0.2) is 0 Å². The highest BCUT2D eigenvalue weighted by atomic mass is 35.5. The second-order valence-electron chi connectivity index (χ2n) is 7.04. The Morgan fingerprint density at radius 2 is 2.04 bits per heavy atom. The van der Waals surface area contributed by atoms with Crippen molar-refractivity contribution < 1.29 is 14.3 Å². The largest absolute Gasteiger partial charge is 0.484 e. The van der Waals surface area contributed by atoms with E-state index in [1.165, 1.54) is 0 Å². The Morgan fingerprint density at radius 1 is 1.22 bits per heavy atom. The molecule has 0 aromatic heterocycles. The molecule has 2 aromatic carbocycles. The Kier molecular flexibility index (Phi) is 6.01. The van der Waals surface area contributed by atoms with Crippen molar-refractivity contribution in [3.8, 4) is 5.75 Å². The molecular formula is C21H23ClN2O3. The Morgan fingerprint density at radius 3 is 2.78 bits per heavy atom. The fourth-order valence-electron chi connectivity index (χ4n) is 3.11. The number of rotatable bonds is 6. The Balaban J connectivity index is 1.64. The zero-order valence-electron chi connectivity index (χ0n) is 15.5. The van der Waals surface area contributed by atoms with E-state index in [0.29, 0.717) is 41.8 Å². The number of benzene rings is 2. The molecule has 1 aliphatic heterocycles. The molecule has 0 fully saturated rings. The van der Waals surface area contributed by atoms with Gasteiger partial charge in [-0.15, -0.1) is 0 Å². The van der Waals surface area contributed by atoms with Crippen molar-refractivity contribution in [3.63, 3.8) is 0 Å². The van der Waals surface area contributed by atoms with E-state index >= 15 is 0 Å². The summed E-state index contributed by atoms with van der Waals surface area (Å²) in [6.45, 7) is 4.78. The summed E-state index contributed by atoms with van der Waals surface area (Å²) in [6.07, 6.45) is 1.18. The maximum atomic E-state index is 12.2. The van der Waals surface area contributed by atoms with Crippen LogP contribution in [0.5, 0.6) is 5.75 Å². The molecule has 0 radical (unpaired) electrons. The molecule has 142 valence electrons. The summed E-state index contributed by atoms with van der Waals surface area (Å²) < 4.78 is 5.46. The molecule has 27 heavy (non-hydrogen) atoms. The predicted octanol–water partition coefficient (Wildman–Crippen LogP) is 4.29. The summed E-state index contributed by atoms with van der Waals surface area (Å²) in [5, 5.41) is 3.40. The van der Waals surface area contributed by atoms with Gasteiger partial charge in [0.2, 0.25) is 5.91 Å². The van der Waals surface area contributed by atoms with E-state index in [1.54, 1.807) is 24.3 Å². The van der Waals surface area contributed by atoms with E-state index in [2.05, 4.69) is 19.2 Å². The molecule has 1 N–H and O–H groups in total. The van der Waals surface area contributed by atoms with Crippen LogP contribution in [0.15, 0.2) is 42.5 Å². The molecule has 0 saturated carbocycles. The first-order valence-corrected chi connectivity index (χ1v) is 9.41. The van der Waals surface area contributed by atoms with Crippen LogP contribution in [0.2, 0.25) is 5.02 Å². The number of amides is 2. The molecule has 0 atom stereocenters. The first-order valence-electron chi connectivity index (χ1n) is 9.04. The molecule has 0 aliphatic carbocycles. The first-order chi connectivity index (χ1) is 12.9. The van der Waals surface area contributed by atoms with E-state index < -0.39 is 0 Å². The summed E-state index contributed by atoms with van der Waals surface area (Å²) >= 11 is 5.90. The molecule has 0 spiro atoms. The Bertz CT molecular complexity index is 851. The van der Waals surface area contributed by atoms with Gasteiger partial charge < -0.3 is 15.0 Å². The lowest BCUT2D eigenvalue weighted by atomic mass is 9.99. The fraction of sp³-hybridized carbons (Fsp3) is 0.333. The zero-order chi connectivity index (χ0) is 19.4. The normalized spacial score (nSPS) is 13.5. The van der Waals surface area contributed by atoms with Gasteiger partial charge in [0.25, 0.3) is 5.91 Å². The summed E-state index contributed by atoms with van der Waals surface area (Å²) in [5.41, 5.74) is 2.71. The molecule has 0 bridgehead atoms. The van der Waals surface area contributed by atoms with Crippen LogP contribution in [-0.4, -0.2) is 25.0 Å². The number of ether oxygens (including phenoxy) is 1. The van der Waals surface area contributed by atoms with Gasteiger partial charge >= 0.3 is 0 Å². The van der Waals surface area contributed by atoms with Crippen LogP contribution in [0.25, 0.3) is 0 Å². The molecule has 5 nitrogen and oxygen atoms in total. The van der Waals surface area contributed by atoms with Gasteiger partial charge in [0.15, 0.2) is 6.61 Å². The van der Waals surface area contributed by atoms with Gasteiger partial charge in [-0.05, 0) is 54.3 Å². The molecule has 3 rings (SSSR count). The van der Waals surface area contributed by atoms with Crippen molar-refractivity contribution in [1.82, 2.24) is 0 Å². The minimum Gasteiger partial charge on any atom is -0.484 e. The molecule has 1 heterocycles. The van der Waals surface area contributed by atoms with Crippen LogP contribution in [-0.2, 0) is 16.0 Å². The third kappa shape index (κ3) is 5.01. The van der Waals surface area contributed by atoms with Crippen molar-refractivity contribution in [1.29, 1.82) is 0 Å². The average molecular weight is 387 g/mol. The van der Waals surface area contributed by atoms with E-state index in [-0.39, 0.29) is 18.4 Å². The molecule has 2 amide bonds. The van der Waals surface area contributed by atoms with Gasteiger partial charge in [-0.3, -0.25) is 9.59 Å². The summed E-state index contributed by atoms with van der Waals surface area (Å²) in [7, 11) is 0. The lowest BCUT2D eigenvalue weighted by molar-refractivity contribution is -0.119. The Hall–Kier alpha value is -2.53. The lowest BCUT2D eigenvalue weighted by Gasteiger charge is -2.31. The van der Waals surface area contributed by atoms with Crippen molar-refractivity contribution in [2.75, 3.05) is 23.4 Å². The van der Waals surface area contributed by atoms with Crippen LogP contribution >= 0.6 is 11.6 Å². The fourth-order valence-corrected chi connectivity index (χ4v) is 3.29. The van der Waals surface area contributed by atoms with Crippen molar-refractivity contribution in [3.05, 3.63) is 53.1 Å². The lowest BCUT2D eigenvalue weighted by Crippen LogP contribution is -2.37. The minimum absolute atomic E-state index is 0.102. The van der Waals surface area contributed by atoms with Gasteiger partial charge in [-0.1, -0.05) is 31.5 Å². The number of carbonyl (C=O) groups is 2. The Labute approximate surface area is 164 Å². The minimum atomic E-state index is -0.249. The van der Waals surface area contributed by atoms with Crippen LogP contribution < -0.4 is 15.0 Å². The topological polar surface area (TPSA) is 58.6 Å². The summed E-state index contributed by atoms with van der Waals surface area (Å²) in [6, 6.07) is 12.6. The SMILES string of the molecule is CC(C)CN1C(=O)CCc2cc(NC(=O)COc3cccc(Cl)c3)ccc21. The van der Waals surface area contributed by atoms with Crippen molar-refractivity contribution in [2.24, 2.45) is 5.92 Å². The molecular weight excluding hydrogens is 364 g/mol. The molecule has 0 unspecified atom stereocenters. The first kappa shape index (κ1) is 19.2. The number of nitrogens with one attached hydrogen (secondary N) is 1. The van der Waals surface area contributed by atoms with Gasteiger partial charge in [0.05, 0.1) is 0 Å². The molecule has 0 saturated heterocycles. The second kappa shape index (κ2) is 8.44. The molecule has 2 aromatic rings. The van der Waals surface area contributed by atoms with Gasteiger partial charge in [0, 0.05) is 29.4 Å². The quantitative estimate of drug-likeness (QED) is 0.805. The highest BCUT2D eigenvalue weighted by Gasteiger charge is 2.24. The number of halogens is 1. The number of carbonyl (C=O) groups excluding carboxylic acids is 2. The van der Waals surface area contributed by atoms with Crippen LogP contribution in [0.3, 0.4) is 0 Å². The van der Waals surface area contributed by atoms with Crippen molar-refractivity contribution >= 4 is 34.8 Å². The molecule has 1 aliphatic rings. The highest BCUT2D eigenvalue weighted by molar-refractivity contribution is 6.30. The standard InChI is InChI=1S/C21H23ClN2O3/c1-14(2)12-24-19-8-7-17(10-15(19)6-9-21(24)26)23-20(25)13-27-18-5-3-4-16(22)11-18/h3-5,7-8,10-11,14H,6,9,12-13H2,1-2H3,(H,23,25). The van der Waals surface area contributed by atoms with E-state index in [0.717, 1.165) is 11.3 Å². The van der Waals surface area contributed by atoms with Crippen molar-refractivity contribution in [2.45, 2.75) is 26.7 Å². The second-order valence-corrected chi connectivity index (χ2v) is 7.47. The van der Waals surface area contributed by atoms with Crippen LogP contribution in [0.4, 0.5) is 11.4 Å². The third-order valence-corrected chi connectivity index (χ3v) is 4.51. The van der Waals surface area contributed by atoms with Gasteiger partial charge in [0.1, 0.15) is 5.75 Å². The number of hydrogen-bond acceptors (Lipinski definition) is 3. The van der Waals surface area contributed by atoms with Crippen LogP contribution in [0, 0.1) is 5.92 Å². The zero-order valence-corrected chi connectivity index (χ0v) is 16.3. The predicted molar refractivity (Wildman–Crippen MR) is 108 cm³/mol. The van der Waals surface area contributed by atoms with Gasteiger partial charge in [-0.2, -0.15) is 0 Å². The van der Waals surface area contributed by atoms with E-state index in [4.69, 9.17) is 16.3 Å². The monoisotopic (exact) mass is 386 g/mol. The third-order valence-electron chi connectivity index (χ3n) is 4.28. The molecule has 6 heteroatoms. The van der Waals surface area contributed by atoms with E-state index in [9.17, 15) is 9.59 Å². The number of anilines is 2. The number of aryl methyl sites for hydroxylation is 1. The van der Waals surface area contributed by atoms with Crippen LogP contribution in [0.1, 0.15) is 25.8 Å². The maximum Gasteiger partial charge on any atom is 0.262 e. The maximum absolute atomic E-state index is 12.2.